The largest absolute Gasteiger partial charge is 0.285 e. The van der Waals surface area contributed by atoms with Gasteiger partial charge in [0.05, 0.1) is 5.57 Å². The van der Waals surface area contributed by atoms with Crippen LogP contribution in [0.15, 0.2) is 35.9 Å². The van der Waals surface area contributed by atoms with Gasteiger partial charge in [0.25, 0.3) is 10.1 Å². The van der Waals surface area contributed by atoms with Crippen molar-refractivity contribution in [3.05, 3.63) is 47.0 Å². The predicted molar refractivity (Wildman–Crippen MR) is 59.0 cm³/mol. The van der Waals surface area contributed by atoms with Gasteiger partial charge >= 0.3 is 0 Å². The molecule has 2 rings (SSSR count). The predicted octanol–water partition coefficient (Wildman–Crippen LogP) is 1.40. The number of carbonyl (C=O) groups excluding carboxylic acids is 1. The minimum Gasteiger partial charge on any atom is -0.285 e. The Morgan fingerprint density at radius 3 is 2.50 bits per heavy atom. The van der Waals surface area contributed by atoms with E-state index in [4.69, 9.17) is 4.55 Å². The number of allylic oxidation sites excluding steroid dienone is 1. The lowest BCUT2D eigenvalue weighted by atomic mass is 9.94. The summed E-state index contributed by atoms with van der Waals surface area (Å²) in [6, 6.07) is 6.68. The van der Waals surface area contributed by atoms with Gasteiger partial charge in [0.2, 0.25) is 0 Å². The van der Waals surface area contributed by atoms with Crippen LogP contribution in [0.2, 0.25) is 0 Å². The zero-order valence-corrected chi connectivity index (χ0v) is 8.94. The molecule has 5 heteroatoms. The average Bonchev–Trinajstić information content (AvgIpc) is 2.26. The van der Waals surface area contributed by atoms with Gasteiger partial charge < -0.3 is 0 Å². The smallest absolute Gasteiger partial charge is 0.277 e. The minimum atomic E-state index is -4.35. The first-order valence-electron chi connectivity index (χ1n) is 4.52. The highest BCUT2D eigenvalue weighted by Crippen LogP contribution is 2.35. The van der Waals surface area contributed by atoms with Gasteiger partial charge in [-0.1, -0.05) is 30.3 Å². The summed E-state index contributed by atoms with van der Waals surface area (Å²) in [4.78, 5) is 10.6. The molecule has 0 spiro atoms. The fraction of sp³-hybridized carbons (Fsp3) is 0.0909. The third kappa shape index (κ3) is 1.72. The van der Waals surface area contributed by atoms with E-state index in [1.165, 1.54) is 6.08 Å². The van der Waals surface area contributed by atoms with E-state index in [0.29, 0.717) is 11.1 Å². The van der Waals surface area contributed by atoms with Crippen molar-refractivity contribution in [2.24, 2.45) is 0 Å². The van der Waals surface area contributed by atoms with Gasteiger partial charge in [-0.15, -0.1) is 0 Å². The summed E-state index contributed by atoms with van der Waals surface area (Å²) in [5.41, 5.74) is 0.983. The Kier molecular flexibility index (Phi) is 2.52. The first-order valence-corrected chi connectivity index (χ1v) is 6.02. The van der Waals surface area contributed by atoms with Crippen molar-refractivity contribution in [3.63, 3.8) is 0 Å². The molecule has 0 fully saturated rings. The van der Waals surface area contributed by atoms with E-state index in [9.17, 15) is 13.2 Å². The highest BCUT2D eigenvalue weighted by molar-refractivity contribution is 7.86. The molecule has 1 atom stereocenters. The molecule has 0 saturated heterocycles. The molecule has 0 heterocycles. The van der Waals surface area contributed by atoms with Crippen molar-refractivity contribution in [1.82, 2.24) is 0 Å². The molecule has 0 saturated carbocycles. The molecule has 0 aromatic heterocycles. The molecule has 0 bridgehead atoms. The minimum absolute atomic E-state index is 0.0822. The van der Waals surface area contributed by atoms with Gasteiger partial charge in [-0.05, 0) is 17.2 Å². The maximum absolute atomic E-state index is 11.2. The zero-order chi connectivity index (χ0) is 11.8. The SMILES string of the molecule is O=C=C1C=Cc2ccccc2C1S(=O)(=O)O. The first kappa shape index (κ1) is 10.8. The standard InChI is InChI=1S/C11H8O4S/c12-7-9-6-5-8-3-1-2-4-10(8)11(9)16(13,14)15/h1-6,11H,(H,13,14,15). The van der Waals surface area contributed by atoms with Crippen LogP contribution in [0.3, 0.4) is 0 Å². The van der Waals surface area contributed by atoms with Crippen molar-refractivity contribution < 1.29 is 17.8 Å². The Morgan fingerprint density at radius 1 is 1.19 bits per heavy atom. The number of rotatable bonds is 1. The molecule has 4 nitrogen and oxygen atoms in total. The Bertz CT molecular complexity index is 607. The quantitative estimate of drug-likeness (QED) is 0.591. The molecule has 1 N–H and O–H groups in total. The van der Waals surface area contributed by atoms with Crippen molar-refractivity contribution in [3.8, 4) is 0 Å². The normalized spacial score (nSPS) is 19.1. The van der Waals surface area contributed by atoms with E-state index in [1.54, 1.807) is 36.3 Å². The second kappa shape index (κ2) is 3.72. The third-order valence-corrected chi connectivity index (χ3v) is 3.52. The van der Waals surface area contributed by atoms with Crippen molar-refractivity contribution in [1.29, 1.82) is 0 Å². The summed E-state index contributed by atoms with van der Waals surface area (Å²) in [5, 5.41) is -1.33. The number of benzene rings is 1. The first-order chi connectivity index (χ1) is 7.54. The number of hydrogen-bond acceptors (Lipinski definition) is 3. The Balaban J connectivity index is 2.74. The lowest BCUT2D eigenvalue weighted by Crippen LogP contribution is -2.17. The van der Waals surface area contributed by atoms with Crippen molar-refractivity contribution in [2.75, 3.05) is 0 Å². The molecule has 0 aliphatic heterocycles. The summed E-state index contributed by atoms with van der Waals surface area (Å²) >= 11 is 0. The van der Waals surface area contributed by atoms with E-state index >= 15 is 0 Å². The van der Waals surface area contributed by atoms with Crippen LogP contribution in [0, 0.1) is 0 Å². The summed E-state index contributed by atoms with van der Waals surface area (Å²) in [5.74, 6) is 1.54. The molecule has 1 unspecified atom stereocenters. The van der Waals surface area contributed by atoms with Crippen molar-refractivity contribution in [2.45, 2.75) is 5.25 Å². The molecular formula is C11H8O4S. The molecule has 1 aromatic rings. The molecule has 82 valence electrons. The highest BCUT2D eigenvalue weighted by Gasteiger charge is 2.32. The molecule has 1 aliphatic carbocycles. The molecular weight excluding hydrogens is 228 g/mol. The topological polar surface area (TPSA) is 71.4 Å². The maximum Gasteiger partial charge on any atom is 0.277 e. The second-order valence-electron chi connectivity index (χ2n) is 3.41. The van der Waals surface area contributed by atoms with Crippen LogP contribution in [0.25, 0.3) is 6.08 Å². The van der Waals surface area contributed by atoms with Crippen LogP contribution in [0.5, 0.6) is 0 Å². The second-order valence-corrected chi connectivity index (χ2v) is 4.92. The summed E-state index contributed by atoms with van der Waals surface area (Å²) in [7, 11) is -4.35. The van der Waals surface area contributed by atoms with Crippen LogP contribution >= 0.6 is 0 Å². The van der Waals surface area contributed by atoms with Crippen LogP contribution < -0.4 is 0 Å². The van der Waals surface area contributed by atoms with Gasteiger partial charge in [0.1, 0.15) is 11.2 Å². The van der Waals surface area contributed by atoms with Gasteiger partial charge in [0.15, 0.2) is 0 Å². The Labute approximate surface area is 92.7 Å². The van der Waals surface area contributed by atoms with E-state index in [2.05, 4.69) is 0 Å². The van der Waals surface area contributed by atoms with E-state index in [1.807, 2.05) is 0 Å². The molecule has 1 aromatic carbocycles. The maximum atomic E-state index is 11.2. The van der Waals surface area contributed by atoms with Gasteiger partial charge in [-0.3, -0.25) is 4.55 Å². The fourth-order valence-corrected chi connectivity index (χ4v) is 2.73. The number of fused-ring (bicyclic) bond motifs is 1. The zero-order valence-electron chi connectivity index (χ0n) is 8.12. The highest BCUT2D eigenvalue weighted by atomic mass is 32.2. The molecule has 16 heavy (non-hydrogen) atoms. The van der Waals surface area contributed by atoms with Crippen molar-refractivity contribution >= 4 is 22.1 Å². The Hall–Kier alpha value is -1.68. The average molecular weight is 236 g/mol. The molecule has 0 amide bonds. The van der Waals surface area contributed by atoms with Gasteiger partial charge in [-0.25, -0.2) is 4.79 Å². The number of hydrogen-bond donors (Lipinski definition) is 1. The van der Waals surface area contributed by atoms with Gasteiger partial charge in [-0.2, -0.15) is 8.42 Å². The molecule has 0 radical (unpaired) electrons. The Morgan fingerprint density at radius 2 is 1.88 bits per heavy atom. The van der Waals surface area contributed by atoms with E-state index < -0.39 is 15.4 Å². The van der Waals surface area contributed by atoms with Crippen LogP contribution in [0.4, 0.5) is 0 Å². The van der Waals surface area contributed by atoms with Crippen LogP contribution in [0.1, 0.15) is 16.4 Å². The van der Waals surface area contributed by atoms with Gasteiger partial charge in [0, 0.05) is 0 Å². The summed E-state index contributed by atoms with van der Waals surface area (Å²) in [6.07, 6.45) is 2.98. The summed E-state index contributed by atoms with van der Waals surface area (Å²) in [6.45, 7) is 0. The monoisotopic (exact) mass is 236 g/mol. The lowest BCUT2D eigenvalue weighted by Gasteiger charge is -2.19. The van der Waals surface area contributed by atoms with Crippen LogP contribution in [-0.4, -0.2) is 18.9 Å². The third-order valence-electron chi connectivity index (χ3n) is 2.42. The molecule has 1 aliphatic rings. The lowest BCUT2D eigenvalue weighted by molar-refractivity contribution is 0.474. The van der Waals surface area contributed by atoms with E-state index in [0.717, 1.165) is 0 Å². The summed E-state index contributed by atoms with van der Waals surface area (Å²) < 4.78 is 31.6. The van der Waals surface area contributed by atoms with Crippen LogP contribution in [-0.2, 0) is 14.9 Å². The fourth-order valence-electron chi connectivity index (χ4n) is 1.74. The van der Waals surface area contributed by atoms with E-state index in [-0.39, 0.29) is 5.57 Å².